The molecule has 4 heterocycles. The van der Waals surface area contributed by atoms with E-state index in [2.05, 4.69) is 176 Å². The number of hydrogen-bond donors (Lipinski definition) is 0. The molecule has 5 nitrogen and oxygen atoms in total. The van der Waals surface area contributed by atoms with E-state index < -0.39 is 5.41 Å². The minimum absolute atomic E-state index is 0.174. The zero-order chi connectivity index (χ0) is 40.2. The number of aromatic nitrogens is 3. The second kappa shape index (κ2) is 11.5. The Hall–Kier alpha value is -7.76. The molecule has 0 fully saturated rings. The van der Waals surface area contributed by atoms with Gasteiger partial charge in [-0.2, -0.15) is 0 Å². The van der Waals surface area contributed by atoms with Crippen LogP contribution in [0.25, 0.3) is 83.3 Å². The van der Waals surface area contributed by atoms with E-state index in [0.717, 1.165) is 72.2 Å². The third-order valence-electron chi connectivity index (χ3n) is 13.9. The van der Waals surface area contributed by atoms with E-state index in [1.807, 2.05) is 18.2 Å². The maximum atomic E-state index is 7.02. The van der Waals surface area contributed by atoms with Gasteiger partial charge < -0.3 is 9.15 Å². The second-order valence-corrected chi connectivity index (χ2v) is 17.2. The van der Waals surface area contributed by atoms with Crippen LogP contribution in [0.1, 0.15) is 47.2 Å². The summed E-state index contributed by atoms with van der Waals surface area (Å²) < 4.78 is 15.9. The molecule has 0 saturated carbocycles. The van der Waals surface area contributed by atoms with Gasteiger partial charge in [-0.25, -0.2) is 9.97 Å². The van der Waals surface area contributed by atoms with Gasteiger partial charge in [0.15, 0.2) is 5.58 Å². The van der Waals surface area contributed by atoms with Crippen molar-refractivity contribution in [2.75, 3.05) is 0 Å². The molecular weight excluding hydrogens is 747 g/mol. The molecule has 5 heteroatoms. The minimum atomic E-state index is -0.575. The van der Waals surface area contributed by atoms with Crippen LogP contribution in [-0.2, 0) is 10.8 Å². The topological polar surface area (TPSA) is 53.1 Å². The highest BCUT2D eigenvalue weighted by Gasteiger charge is 2.51. The lowest BCUT2D eigenvalue weighted by Gasteiger charge is -2.39. The summed E-state index contributed by atoms with van der Waals surface area (Å²) >= 11 is 0. The molecule has 0 N–H and O–H groups in total. The van der Waals surface area contributed by atoms with Crippen molar-refractivity contribution in [3.05, 3.63) is 209 Å². The fourth-order valence-corrected chi connectivity index (χ4v) is 11.3. The molecule has 0 unspecified atom stereocenters. The first-order chi connectivity index (χ1) is 30.0. The van der Waals surface area contributed by atoms with Gasteiger partial charge in [-0.05, 0) is 80.9 Å². The molecule has 3 aliphatic rings. The van der Waals surface area contributed by atoms with E-state index in [9.17, 15) is 0 Å². The summed E-state index contributed by atoms with van der Waals surface area (Å²) in [6.07, 6.45) is 0. The highest BCUT2D eigenvalue weighted by molar-refractivity contribution is 6.11. The number of fused-ring (bicyclic) bond motifs is 18. The fourth-order valence-electron chi connectivity index (χ4n) is 11.3. The number of furan rings is 1. The van der Waals surface area contributed by atoms with Gasteiger partial charge >= 0.3 is 0 Å². The minimum Gasteiger partial charge on any atom is -0.457 e. The van der Waals surface area contributed by atoms with Crippen molar-refractivity contribution in [2.24, 2.45) is 0 Å². The molecule has 0 saturated heterocycles. The molecular formula is C56H35N3O2. The van der Waals surface area contributed by atoms with Crippen molar-refractivity contribution in [3.8, 4) is 51.0 Å². The summed E-state index contributed by atoms with van der Waals surface area (Å²) in [4.78, 5) is 10.9. The molecule has 1 aliphatic heterocycles. The molecule has 61 heavy (non-hydrogen) atoms. The number of rotatable bonds is 2. The predicted molar refractivity (Wildman–Crippen MR) is 244 cm³/mol. The Morgan fingerprint density at radius 3 is 1.87 bits per heavy atom. The zero-order valence-electron chi connectivity index (χ0n) is 33.4. The number of nitrogens with zero attached hydrogens (tertiary/aromatic N) is 3. The van der Waals surface area contributed by atoms with E-state index in [1.165, 1.54) is 44.5 Å². The van der Waals surface area contributed by atoms with Gasteiger partial charge in [0.05, 0.1) is 16.4 Å². The predicted octanol–water partition coefficient (Wildman–Crippen LogP) is 13.9. The molecule has 8 aromatic carbocycles. The smallest absolute Gasteiger partial charge is 0.236 e. The summed E-state index contributed by atoms with van der Waals surface area (Å²) in [6.45, 7) is 4.63. The molecule has 0 bridgehead atoms. The molecule has 286 valence electrons. The van der Waals surface area contributed by atoms with Crippen molar-refractivity contribution in [1.29, 1.82) is 0 Å². The van der Waals surface area contributed by atoms with Crippen LogP contribution >= 0.6 is 0 Å². The summed E-state index contributed by atoms with van der Waals surface area (Å²) in [5.41, 5.74) is 17.7. The zero-order valence-corrected chi connectivity index (χ0v) is 33.4. The SMILES string of the molecule is CC1(C)c2ccccc2-c2ccc(-c3nc(-n4c5ccccc5c5cc6c(cc54)Oc4ccccc4C64c5ccccc5-c5ccccc54)nc4c3oc3ccccc34)cc21. The molecule has 11 aromatic rings. The summed E-state index contributed by atoms with van der Waals surface area (Å²) in [6, 6.07) is 63.2. The first-order valence-electron chi connectivity index (χ1n) is 21.0. The quantitative estimate of drug-likeness (QED) is 0.175. The van der Waals surface area contributed by atoms with Gasteiger partial charge in [0.1, 0.15) is 28.3 Å². The van der Waals surface area contributed by atoms with Crippen LogP contribution in [0.15, 0.2) is 180 Å². The number of benzene rings is 8. The molecule has 0 radical (unpaired) electrons. The van der Waals surface area contributed by atoms with Crippen LogP contribution in [0.4, 0.5) is 0 Å². The Labute approximate surface area is 351 Å². The van der Waals surface area contributed by atoms with Gasteiger partial charge in [-0.1, -0.05) is 147 Å². The van der Waals surface area contributed by atoms with E-state index in [1.54, 1.807) is 0 Å². The molecule has 1 spiro atoms. The fraction of sp³-hybridized carbons (Fsp3) is 0.0714. The van der Waals surface area contributed by atoms with Crippen LogP contribution in [0, 0.1) is 0 Å². The van der Waals surface area contributed by atoms with Crippen LogP contribution < -0.4 is 4.74 Å². The lowest BCUT2D eigenvalue weighted by atomic mass is 9.66. The van der Waals surface area contributed by atoms with E-state index in [4.69, 9.17) is 19.1 Å². The van der Waals surface area contributed by atoms with Gasteiger partial charge in [-0.3, -0.25) is 4.57 Å². The van der Waals surface area contributed by atoms with Crippen LogP contribution in [0.5, 0.6) is 11.5 Å². The lowest BCUT2D eigenvalue weighted by Crippen LogP contribution is -2.32. The molecule has 3 aromatic heterocycles. The number of ether oxygens (including phenoxy) is 1. The Morgan fingerprint density at radius 1 is 0.459 bits per heavy atom. The second-order valence-electron chi connectivity index (χ2n) is 17.2. The summed E-state index contributed by atoms with van der Waals surface area (Å²) in [7, 11) is 0. The van der Waals surface area contributed by atoms with Gasteiger partial charge in [0.2, 0.25) is 5.95 Å². The first kappa shape index (κ1) is 33.1. The van der Waals surface area contributed by atoms with E-state index in [-0.39, 0.29) is 5.41 Å². The monoisotopic (exact) mass is 781 g/mol. The average Bonchev–Trinajstić information content (AvgIpc) is 4.00. The van der Waals surface area contributed by atoms with Crippen molar-refractivity contribution in [2.45, 2.75) is 24.7 Å². The summed E-state index contributed by atoms with van der Waals surface area (Å²) in [5, 5.41) is 3.18. The maximum Gasteiger partial charge on any atom is 0.236 e. The molecule has 0 amide bonds. The van der Waals surface area contributed by atoms with E-state index in [0.29, 0.717) is 11.5 Å². The highest BCUT2D eigenvalue weighted by Crippen LogP contribution is 2.62. The van der Waals surface area contributed by atoms with Crippen molar-refractivity contribution in [1.82, 2.24) is 14.5 Å². The first-order valence-corrected chi connectivity index (χ1v) is 21.0. The largest absolute Gasteiger partial charge is 0.457 e. The normalized spacial score (nSPS) is 14.8. The third kappa shape index (κ3) is 4.10. The number of hydrogen-bond acceptors (Lipinski definition) is 4. The van der Waals surface area contributed by atoms with Crippen molar-refractivity contribution >= 4 is 43.9 Å². The van der Waals surface area contributed by atoms with Crippen molar-refractivity contribution in [3.63, 3.8) is 0 Å². The Morgan fingerprint density at radius 2 is 1.08 bits per heavy atom. The standard InChI is InChI=1S/C56H35N3O2/c1-55(2)40-20-8-3-15-33(40)36-28-27-32(29-44(36)55)51-53-52(38-19-7-13-25-48(38)61-53)58-54(57-51)59-46-24-12-6-18-37(46)39-30-45-50(31-47(39)59)60-49-26-14-11-23-43(49)56(45)41-21-9-4-16-34(41)35-17-5-10-22-42(35)56/h3-31H,1-2H3. The van der Waals surface area contributed by atoms with Gasteiger partial charge in [0, 0.05) is 44.3 Å². The number of para-hydroxylation sites is 3. The van der Waals surface area contributed by atoms with Crippen LogP contribution in [0.3, 0.4) is 0 Å². The van der Waals surface area contributed by atoms with Gasteiger partial charge in [0.25, 0.3) is 0 Å². The Kier molecular flexibility index (Phi) is 6.24. The lowest BCUT2D eigenvalue weighted by molar-refractivity contribution is 0.437. The molecule has 2 aliphatic carbocycles. The Bertz CT molecular complexity index is 3690. The molecule has 14 rings (SSSR count). The Balaban J connectivity index is 1.06. The highest BCUT2D eigenvalue weighted by atomic mass is 16.5. The molecule has 0 atom stereocenters. The van der Waals surface area contributed by atoms with Crippen LogP contribution in [0.2, 0.25) is 0 Å². The van der Waals surface area contributed by atoms with E-state index >= 15 is 0 Å². The van der Waals surface area contributed by atoms with Gasteiger partial charge in [-0.15, -0.1) is 0 Å². The van der Waals surface area contributed by atoms with Crippen molar-refractivity contribution < 1.29 is 9.15 Å². The summed E-state index contributed by atoms with van der Waals surface area (Å²) in [5.74, 6) is 2.25. The average molecular weight is 782 g/mol. The maximum absolute atomic E-state index is 7.02. The van der Waals surface area contributed by atoms with Crippen LogP contribution in [-0.4, -0.2) is 14.5 Å². The third-order valence-corrected chi connectivity index (χ3v) is 13.9.